The molecule has 0 saturated carbocycles. The number of benzene rings is 1. The number of halogens is 1. The molecule has 1 atom stereocenters. The SMILES string of the molecule is CCC(C)NC(N)=NCC(C)(C)c1cccc(OC)c1.I. The summed E-state index contributed by atoms with van der Waals surface area (Å²) < 4.78 is 5.27. The first-order chi connectivity index (χ1) is 9.39. The van der Waals surface area contributed by atoms with Crippen LogP contribution in [0.15, 0.2) is 29.3 Å². The van der Waals surface area contributed by atoms with E-state index in [1.807, 2.05) is 18.2 Å². The van der Waals surface area contributed by atoms with Crippen molar-refractivity contribution in [3.8, 4) is 5.75 Å². The molecule has 4 nitrogen and oxygen atoms in total. The molecule has 0 aliphatic carbocycles. The Hall–Kier alpha value is -0.980. The lowest BCUT2D eigenvalue weighted by Gasteiger charge is -2.24. The normalized spacial score (nSPS) is 13.3. The lowest BCUT2D eigenvalue weighted by atomic mass is 9.85. The van der Waals surface area contributed by atoms with Gasteiger partial charge in [-0.05, 0) is 31.0 Å². The Labute approximate surface area is 145 Å². The van der Waals surface area contributed by atoms with E-state index in [4.69, 9.17) is 10.5 Å². The number of nitrogens with zero attached hydrogens (tertiary/aromatic N) is 1. The second-order valence-electron chi connectivity index (χ2n) is 5.77. The van der Waals surface area contributed by atoms with Crippen molar-refractivity contribution in [1.82, 2.24) is 5.32 Å². The predicted octanol–water partition coefficient (Wildman–Crippen LogP) is 3.29. The Balaban J connectivity index is 0.00000400. The van der Waals surface area contributed by atoms with Gasteiger partial charge < -0.3 is 15.8 Å². The van der Waals surface area contributed by atoms with Crippen LogP contribution in [0.25, 0.3) is 0 Å². The first-order valence-electron chi connectivity index (χ1n) is 7.10. The van der Waals surface area contributed by atoms with E-state index in [2.05, 4.69) is 44.1 Å². The summed E-state index contributed by atoms with van der Waals surface area (Å²) in [5, 5.41) is 3.18. The van der Waals surface area contributed by atoms with Crippen LogP contribution in [0.5, 0.6) is 5.75 Å². The molecule has 3 N–H and O–H groups in total. The number of rotatable bonds is 6. The van der Waals surface area contributed by atoms with E-state index in [1.54, 1.807) is 7.11 Å². The third-order valence-corrected chi connectivity index (χ3v) is 3.50. The lowest BCUT2D eigenvalue weighted by Crippen LogP contribution is -2.39. The molecular formula is C16H28IN3O. The van der Waals surface area contributed by atoms with Gasteiger partial charge in [0.2, 0.25) is 0 Å². The van der Waals surface area contributed by atoms with Crippen molar-refractivity contribution in [2.45, 2.75) is 45.6 Å². The molecule has 0 aliphatic rings. The lowest BCUT2D eigenvalue weighted by molar-refractivity contribution is 0.412. The van der Waals surface area contributed by atoms with E-state index in [0.717, 1.165) is 12.2 Å². The summed E-state index contributed by atoms with van der Waals surface area (Å²) in [5.74, 6) is 1.38. The summed E-state index contributed by atoms with van der Waals surface area (Å²) in [6.07, 6.45) is 1.02. The molecule has 0 amide bonds. The van der Waals surface area contributed by atoms with Crippen LogP contribution in [0, 0.1) is 0 Å². The van der Waals surface area contributed by atoms with Crippen LogP contribution >= 0.6 is 24.0 Å². The van der Waals surface area contributed by atoms with Gasteiger partial charge in [0.15, 0.2) is 5.96 Å². The van der Waals surface area contributed by atoms with Gasteiger partial charge in [0.25, 0.3) is 0 Å². The second kappa shape index (κ2) is 9.12. The number of guanidine groups is 1. The molecule has 1 aromatic carbocycles. The molecule has 0 bridgehead atoms. The highest BCUT2D eigenvalue weighted by Crippen LogP contribution is 2.26. The van der Waals surface area contributed by atoms with E-state index in [0.29, 0.717) is 18.5 Å². The third kappa shape index (κ3) is 6.54. The van der Waals surface area contributed by atoms with Gasteiger partial charge in [-0.2, -0.15) is 0 Å². The molecule has 1 aromatic rings. The molecule has 0 saturated heterocycles. The molecule has 0 aromatic heterocycles. The van der Waals surface area contributed by atoms with Gasteiger partial charge in [-0.1, -0.05) is 32.9 Å². The van der Waals surface area contributed by atoms with E-state index < -0.39 is 0 Å². The standard InChI is InChI=1S/C16H27N3O.HI/c1-6-12(2)19-15(17)18-11-16(3,4)13-8-7-9-14(10-13)20-5;/h7-10,12H,6,11H2,1-5H3,(H3,17,18,19);1H. The van der Waals surface area contributed by atoms with Crippen molar-refractivity contribution in [2.24, 2.45) is 10.7 Å². The number of nitrogens with one attached hydrogen (secondary N) is 1. The van der Waals surface area contributed by atoms with E-state index in [9.17, 15) is 0 Å². The first kappa shape index (κ1) is 20.0. The molecule has 1 rings (SSSR count). The zero-order valence-electron chi connectivity index (χ0n) is 13.6. The summed E-state index contributed by atoms with van der Waals surface area (Å²) in [6.45, 7) is 9.15. The number of aliphatic imine (C=N–C) groups is 1. The largest absolute Gasteiger partial charge is 0.497 e. The molecule has 120 valence electrons. The Kier molecular flexibility index (Phi) is 8.70. The number of nitrogens with two attached hydrogens (primary N) is 1. The summed E-state index contributed by atoms with van der Waals surface area (Å²) in [7, 11) is 1.68. The smallest absolute Gasteiger partial charge is 0.188 e. The number of hydrogen-bond donors (Lipinski definition) is 2. The fourth-order valence-corrected chi connectivity index (χ4v) is 1.82. The Morgan fingerprint density at radius 1 is 1.43 bits per heavy atom. The summed E-state index contributed by atoms with van der Waals surface area (Å²) >= 11 is 0. The maximum absolute atomic E-state index is 5.91. The Morgan fingerprint density at radius 2 is 2.10 bits per heavy atom. The summed E-state index contributed by atoms with van der Waals surface area (Å²) in [4.78, 5) is 4.46. The molecule has 0 spiro atoms. The van der Waals surface area contributed by atoms with Crippen LogP contribution in [0.2, 0.25) is 0 Å². The van der Waals surface area contributed by atoms with Crippen LogP contribution < -0.4 is 15.8 Å². The Bertz CT molecular complexity index is 461. The van der Waals surface area contributed by atoms with Crippen molar-refractivity contribution in [1.29, 1.82) is 0 Å². The van der Waals surface area contributed by atoms with Crippen molar-refractivity contribution in [2.75, 3.05) is 13.7 Å². The minimum atomic E-state index is -0.0870. The number of ether oxygens (including phenoxy) is 1. The van der Waals surface area contributed by atoms with E-state index in [-0.39, 0.29) is 29.4 Å². The number of hydrogen-bond acceptors (Lipinski definition) is 2. The molecule has 0 heterocycles. The summed E-state index contributed by atoms with van der Waals surface area (Å²) in [5.41, 5.74) is 7.01. The molecule has 0 aliphatic heterocycles. The van der Waals surface area contributed by atoms with Crippen molar-refractivity contribution in [3.63, 3.8) is 0 Å². The fraction of sp³-hybridized carbons (Fsp3) is 0.562. The minimum absolute atomic E-state index is 0. The van der Waals surface area contributed by atoms with Crippen LogP contribution in [-0.2, 0) is 5.41 Å². The monoisotopic (exact) mass is 405 g/mol. The Morgan fingerprint density at radius 3 is 2.67 bits per heavy atom. The van der Waals surface area contributed by atoms with Gasteiger partial charge in [0.1, 0.15) is 5.75 Å². The molecule has 1 unspecified atom stereocenters. The highest BCUT2D eigenvalue weighted by molar-refractivity contribution is 14.0. The number of methoxy groups -OCH3 is 1. The van der Waals surface area contributed by atoms with Crippen molar-refractivity contribution in [3.05, 3.63) is 29.8 Å². The molecule has 21 heavy (non-hydrogen) atoms. The van der Waals surface area contributed by atoms with Gasteiger partial charge in [0, 0.05) is 11.5 Å². The van der Waals surface area contributed by atoms with Crippen molar-refractivity contribution >= 4 is 29.9 Å². The quantitative estimate of drug-likeness (QED) is 0.434. The average Bonchev–Trinajstić information content (AvgIpc) is 2.45. The maximum Gasteiger partial charge on any atom is 0.188 e. The van der Waals surface area contributed by atoms with E-state index in [1.165, 1.54) is 5.56 Å². The van der Waals surface area contributed by atoms with Gasteiger partial charge in [0.05, 0.1) is 13.7 Å². The third-order valence-electron chi connectivity index (χ3n) is 3.50. The molecule has 5 heteroatoms. The fourth-order valence-electron chi connectivity index (χ4n) is 1.82. The average molecular weight is 405 g/mol. The highest BCUT2D eigenvalue weighted by atomic mass is 127. The second-order valence-corrected chi connectivity index (χ2v) is 5.77. The summed E-state index contributed by atoms with van der Waals surface area (Å²) in [6, 6.07) is 8.44. The predicted molar refractivity (Wildman–Crippen MR) is 101 cm³/mol. The van der Waals surface area contributed by atoms with Gasteiger partial charge in [-0.15, -0.1) is 24.0 Å². The van der Waals surface area contributed by atoms with Gasteiger partial charge in [-0.25, -0.2) is 0 Å². The van der Waals surface area contributed by atoms with Crippen LogP contribution in [0.4, 0.5) is 0 Å². The first-order valence-corrected chi connectivity index (χ1v) is 7.10. The van der Waals surface area contributed by atoms with Crippen LogP contribution in [0.1, 0.15) is 39.7 Å². The van der Waals surface area contributed by atoms with Crippen molar-refractivity contribution < 1.29 is 4.74 Å². The van der Waals surface area contributed by atoms with Crippen LogP contribution in [-0.4, -0.2) is 25.7 Å². The van der Waals surface area contributed by atoms with E-state index >= 15 is 0 Å². The van der Waals surface area contributed by atoms with Crippen LogP contribution in [0.3, 0.4) is 0 Å². The molecule has 0 fully saturated rings. The minimum Gasteiger partial charge on any atom is -0.497 e. The van der Waals surface area contributed by atoms with Gasteiger partial charge >= 0.3 is 0 Å². The highest BCUT2D eigenvalue weighted by Gasteiger charge is 2.20. The van der Waals surface area contributed by atoms with Gasteiger partial charge in [-0.3, -0.25) is 4.99 Å². The molecular weight excluding hydrogens is 377 g/mol. The molecule has 0 radical (unpaired) electrons. The maximum atomic E-state index is 5.91. The topological polar surface area (TPSA) is 59.6 Å². The zero-order valence-corrected chi connectivity index (χ0v) is 16.0. The zero-order chi connectivity index (χ0) is 15.2.